The maximum atomic E-state index is 3.83. The molecular formula is C18H21N. The van der Waals surface area contributed by atoms with Crippen LogP contribution in [0.15, 0.2) is 55.1 Å². The fraction of sp³-hybridized carbons (Fsp3) is 0.222. The summed E-state index contributed by atoms with van der Waals surface area (Å²) >= 11 is 0. The maximum absolute atomic E-state index is 3.83. The van der Waals surface area contributed by atoms with E-state index in [1.165, 1.54) is 27.9 Å². The number of allylic oxidation sites excluding steroid dienone is 1. The van der Waals surface area contributed by atoms with Crippen molar-refractivity contribution >= 4 is 5.69 Å². The van der Waals surface area contributed by atoms with Crippen LogP contribution in [0.25, 0.3) is 0 Å². The Balaban J connectivity index is 2.10. The van der Waals surface area contributed by atoms with Crippen LogP contribution < -0.4 is 5.32 Å². The van der Waals surface area contributed by atoms with Crippen molar-refractivity contribution in [2.75, 3.05) is 5.32 Å². The number of hydrogen-bond donors (Lipinski definition) is 1. The van der Waals surface area contributed by atoms with Crippen molar-refractivity contribution in [2.24, 2.45) is 0 Å². The molecule has 0 aliphatic rings. The summed E-state index contributed by atoms with van der Waals surface area (Å²) in [5.74, 6) is 0. The zero-order valence-electron chi connectivity index (χ0n) is 11.7. The predicted octanol–water partition coefficient (Wildman–Crippen LogP) is 4.64. The zero-order valence-corrected chi connectivity index (χ0v) is 11.7. The summed E-state index contributed by atoms with van der Waals surface area (Å²) in [6.45, 7) is 8.91. The molecule has 0 unspecified atom stereocenters. The van der Waals surface area contributed by atoms with Gasteiger partial charge in [-0.15, -0.1) is 6.58 Å². The quantitative estimate of drug-likeness (QED) is 0.763. The van der Waals surface area contributed by atoms with Crippen molar-refractivity contribution in [1.29, 1.82) is 0 Å². The third-order valence-corrected chi connectivity index (χ3v) is 3.23. The van der Waals surface area contributed by atoms with Gasteiger partial charge < -0.3 is 5.32 Å². The second-order valence-corrected chi connectivity index (χ2v) is 4.99. The average molecular weight is 251 g/mol. The van der Waals surface area contributed by atoms with Gasteiger partial charge in [0, 0.05) is 12.2 Å². The van der Waals surface area contributed by atoms with Gasteiger partial charge in [0.2, 0.25) is 0 Å². The lowest BCUT2D eigenvalue weighted by Gasteiger charge is -2.12. The van der Waals surface area contributed by atoms with Gasteiger partial charge in [-0.25, -0.2) is 0 Å². The van der Waals surface area contributed by atoms with Gasteiger partial charge in [0.25, 0.3) is 0 Å². The molecule has 0 saturated carbocycles. The van der Waals surface area contributed by atoms with E-state index in [0.717, 1.165) is 13.0 Å². The largest absolute Gasteiger partial charge is 0.381 e. The molecule has 0 bridgehead atoms. The second-order valence-electron chi connectivity index (χ2n) is 4.99. The van der Waals surface area contributed by atoms with Crippen molar-refractivity contribution in [3.63, 3.8) is 0 Å². The zero-order chi connectivity index (χ0) is 13.7. The summed E-state index contributed by atoms with van der Waals surface area (Å²) in [7, 11) is 0. The van der Waals surface area contributed by atoms with Gasteiger partial charge in [-0.1, -0.05) is 53.6 Å². The van der Waals surface area contributed by atoms with E-state index in [4.69, 9.17) is 0 Å². The molecule has 2 aromatic rings. The molecule has 0 atom stereocenters. The highest BCUT2D eigenvalue weighted by molar-refractivity contribution is 5.53. The van der Waals surface area contributed by atoms with Gasteiger partial charge in [0.15, 0.2) is 0 Å². The summed E-state index contributed by atoms with van der Waals surface area (Å²) in [5.41, 5.74) is 6.40. The first-order valence-corrected chi connectivity index (χ1v) is 6.69. The number of hydrogen-bond acceptors (Lipinski definition) is 1. The van der Waals surface area contributed by atoms with E-state index in [0.29, 0.717) is 0 Å². The number of aryl methyl sites for hydroxylation is 2. The van der Waals surface area contributed by atoms with E-state index < -0.39 is 0 Å². The summed E-state index contributed by atoms with van der Waals surface area (Å²) in [6, 6.07) is 15.2. The van der Waals surface area contributed by atoms with E-state index in [9.17, 15) is 0 Å². The SMILES string of the molecule is C=CCc1cc(C)ccc1NCc1ccc(C)cc1. The van der Waals surface area contributed by atoms with E-state index in [-0.39, 0.29) is 0 Å². The Labute approximate surface area is 116 Å². The molecule has 1 heteroatoms. The van der Waals surface area contributed by atoms with Gasteiger partial charge >= 0.3 is 0 Å². The molecule has 2 aromatic carbocycles. The second kappa shape index (κ2) is 6.24. The van der Waals surface area contributed by atoms with Gasteiger partial charge in [0.05, 0.1) is 0 Å². The number of nitrogens with one attached hydrogen (secondary N) is 1. The van der Waals surface area contributed by atoms with Crippen molar-refractivity contribution in [3.05, 3.63) is 77.4 Å². The van der Waals surface area contributed by atoms with E-state index in [2.05, 4.69) is 68.2 Å². The Morgan fingerprint density at radius 3 is 2.37 bits per heavy atom. The Kier molecular flexibility index (Phi) is 4.40. The lowest BCUT2D eigenvalue weighted by atomic mass is 10.1. The molecule has 0 radical (unpaired) electrons. The van der Waals surface area contributed by atoms with Gasteiger partial charge in [-0.3, -0.25) is 0 Å². The molecule has 0 fully saturated rings. The summed E-state index contributed by atoms with van der Waals surface area (Å²) in [6.07, 6.45) is 2.85. The average Bonchev–Trinajstić information content (AvgIpc) is 2.40. The molecule has 0 saturated heterocycles. The molecule has 0 spiro atoms. The maximum Gasteiger partial charge on any atom is 0.0400 e. The van der Waals surface area contributed by atoms with Crippen molar-refractivity contribution in [1.82, 2.24) is 0 Å². The Hall–Kier alpha value is -2.02. The third kappa shape index (κ3) is 3.72. The minimum Gasteiger partial charge on any atom is -0.381 e. The molecule has 0 aliphatic heterocycles. The molecule has 0 heterocycles. The highest BCUT2D eigenvalue weighted by atomic mass is 14.9. The van der Waals surface area contributed by atoms with Crippen molar-refractivity contribution < 1.29 is 0 Å². The lowest BCUT2D eigenvalue weighted by Crippen LogP contribution is -2.02. The minimum atomic E-state index is 0.855. The van der Waals surface area contributed by atoms with Crippen LogP contribution in [-0.2, 0) is 13.0 Å². The first kappa shape index (κ1) is 13.4. The highest BCUT2D eigenvalue weighted by Gasteiger charge is 2.01. The van der Waals surface area contributed by atoms with E-state index in [1.54, 1.807) is 0 Å². The van der Waals surface area contributed by atoms with Crippen LogP contribution >= 0.6 is 0 Å². The van der Waals surface area contributed by atoms with Gasteiger partial charge in [-0.05, 0) is 37.5 Å². The molecule has 1 N–H and O–H groups in total. The molecule has 1 nitrogen and oxygen atoms in total. The van der Waals surface area contributed by atoms with Crippen molar-refractivity contribution in [2.45, 2.75) is 26.8 Å². The lowest BCUT2D eigenvalue weighted by molar-refractivity contribution is 1.12. The Morgan fingerprint density at radius 1 is 1.00 bits per heavy atom. The van der Waals surface area contributed by atoms with E-state index >= 15 is 0 Å². The monoisotopic (exact) mass is 251 g/mol. The van der Waals surface area contributed by atoms with Crippen LogP contribution in [0.2, 0.25) is 0 Å². The van der Waals surface area contributed by atoms with Crippen LogP contribution in [0.4, 0.5) is 5.69 Å². The molecule has 0 aliphatic carbocycles. The van der Waals surface area contributed by atoms with E-state index in [1.807, 2.05) is 6.08 Å². The molecule has 0 amide bonds. The fourth-order valence-corrected chi connectivity index (χ4v) is 2.12. The first-order chi connectivity index (χ1) is 9.19. The number of rotatable bonds is 5. The fourth-order valence-electron chi connectivity index (χ4n) is 2.12. The van der Waals surface area contributed by atoms with Crippen LogP contribution in [0.3, 0.4) is 0 Å². The number of anilines is 1. The first-order valence-electron chi connectivity index (χ1n) is 6.69. The summed E-state index contributed by atoms with van der Waals surface area (Å²) in [5, 5.41) is 3.51. The van der Waals surface area contributed by atoms with Gasteiger partial charge in [0.1, 0.15) is 0 Å². The predicted molar refractivity (Wildman–Crippen MR) is 83.6 cm³/mol. The Morgan fingerprint density at radius 2 is 1.68 bits per heavy atom. The van der Waals surface area contributed by atoms with Crippen LogP contribution in [0, 0.1) is 13.8 Å². The topological polar surface area (TPSA) is 12.0 Å². The molecule has 19 heavy (non-hydrogen) atoms. The molecule has 2 rings (SSSR count). The van der Waals surface area contributed by atoms with Gasteiger partial charge in [-0.2, -0.15) is 0 Å². The highest BCUT2D eigenvalue weighted by Crippen LogP contribution is 2.19. The summed E-state index contributed by atoms with van der Waals surface area (Å²) < 4.78 is 0. The Bertz CT molecular complexity index is 552. The minimum absolute atomic E-state index is 0.855. The molecular weight excluding hydrogens is 230 g/mol. The summed E-state index contributed by atoms with van der Waals surface area (Å²) in [4.78, 5) is 0. The van der Waals surface area contributed by atoms with Crippen LogP contribution in [0.1, 0.15) is 22.3 Å². The standard InChI is InChI=1S/C18H21N/c1-4-5-17-12-15(3)8-11-18(17)19-13-16-9-6-14(2)7-10-16/h4,6-12,19H,1,5,13H2,2-3H3. The number of benzene rings is 2. The smallest absolute Gasteiger partial charge is 0.0400 e. The van der Waals surface area contributed by atoms with Crippen LogP contribution in [0.5, 0.6) is 0 Å². The van der Waals surface area contributed by atoms with Crippen LogP contribution in [-0.4, -0.2) is 0 Å². The molecule has 0 aromatic heterocycles. The normalized spacial score (nSPS) is 10.2. The molecule has 98 valence electrons. The third-order valence-electron chi connectivity index (χ3n) is 3.23. The van der Waals surface area contributed by atoms with Crippen molar-refractivity contribution in [3.8, 4) is 0 Å².